The molecule has 8 nitrogen and oxygen atoms in total. The van der Waals surface area contributed by atoms with Crippen molar-refractivity contribution in [1.29, 1.82) is 5.26 Å². The number of nitriles is 1. The Bertz CT molecular complexity index is 1860. The fraction of sp³-hybridized carbons (Fsp3) is 0.0333. The predicted molar refractivity (Wildman–Crippen MR) is 155 cm³/mol. The van der Waals surface area contributed by atoms with Crippen LogP contribution in [0.5, 0.6) is 0 Å². The van der Waals surface area contributed by atoms with E-state index in [1.54, 1.807) is 24.3 Å². The quantitative estimate of drug-likeness (QED) is 0.154. The number of rotatable bonds is 7. The van der Waals surface area contributed by atoms with Gasteiger partial charge in [-0.3, -0.25) is 9.99 Å². The smallest absolute Gasteiger partial charge is 0.249 e. The monoisotopic (exact) mass is 584 g/mol. The minimum atomic E-state index is -1.24. The second kappa shape index (κ2) is 11.3. The molecule has 0 fully saturated rings. The Morgan fingerprint density at radius 3 is 2.45 bits per heavy atom. The van der Waals surface area contributed by atoms with Crippen molar-refractivity contribution in [2.45, 2.75) is 6.04 Å². The standard InChI is InChI=1S/C30H20ClF3N8/c31-24-11-20(10-23-27(18(13-35)14-36-29(23)24)39-21-12-25(33)30(34)37-15-21)38-28(17-6-8-19(32)9-7-17)26-16-42(41-40-26)22-4-2-1-3-5-22/h1-12,14-16,28,38,40-41H,(H,36,39)/t28-/m0/s1. The Kier molecular flexibility index (Phi) is 7.23. The van der Waals surface area contributed by atoms with Crippen LogP contribution in [-0.4, -0.2) is 9.97 Å². The number of hydrogen-bond donors (Lipinski definition) is 4. The van der Waals surface area contributed by atoms with Crippen molar-refractivity contribution >= 4 is 45.3 Å². The lowest BCUT2D eigenvalue weighted by Gasteiger charge is -2.22. The third-order valence-corrected chi connectivity index (χ3v) is 6.85. The van der Waals surface area contributed by atoms with Crippen molar-refractivity contribution in [3.05, 3.63) is 131 Å². The molecule has 3 aromatic carbocycles. The summed E-state index contributed by atoms with van der Waals surface area (Å²) in [6.07, 6.45) is 4.33. The molecule has 6 rings (SSSR count). The first kappa shape index (κ1) is 26.9. The van der Waals surface area contributed by atoms with Crippen LogP contribution in [0.25, 0.3) is 10.9 Å². The first-order valence-electron chi connectivity index (χ1n) is 12.6. The molecule has 0 aliphatic carbocycles. The molecule has 208 valence electrons. The third kappa shape index (κ3) is 5.36. The molecule has 1 atom stereocenters. The van der Waals surface area contributed by atoms with E-state index < -0.39 is 17.8 Å². The van der Waals surface area contributed by atoms with E-state index in [9.17, 15) is 18.4 Å². The number of halogens is 4. The number of nitrogens with zero attached hydrogens (tertiary/aromatic N) is 4. The Morgan fingerprint density at radius 1 is 0.929 bits per heavy atom. The van der Waals surface area contributed by atoms with Gasteiger partial charge < -0.3 is 16.1 Å². The number of benzene rings is 3. The van der Waals surface area contributed by atoms with Gasteiger partial charge in [-0.2, -0.15) is 9.65 Å². The maximum atomic E-state index is 13.9. The zero-order chi connectivity index (χ0) is 29.2. The highest BCUT2D eigenvalue weighted by atomic mass is 35.5. The topological polar surface area (TPSA) is 101 Å². The second-order valence-corrected chi connectivity index (χ2v) is 9.70. The SMILES string of the molecule is N#Cc1cnc2c(Cl)cc(N[C@H](C3=CN(c4ccccc4)NN3)c3ccc(F)cc3)cc2c1Nc1cnc(F)c(F)c1. The van der Waals surface area contributed by atoms with E-state index in [0.29, 0.717) is 16.6 Å². The molecule has 0 amide bonds. The van der Waals surface area contributed by atoms with Gasteiger partial charge in [-0.25, -0.2) is 13.8 Å². The molecular weight excluding hydrogens is 565 g/mol. The van der Waals surface area contributed by atoms with Crippen LogP contribution < -0.4 is 26.6 Å². The number of anilines is 4. The molecule has 3 heterocycles. The molecule has 1 aliphatic rings. The summed E-state index contributed by atoms with van der Waals surface area (Å²) in [5, 5.41) is 18.7. The van der Waals surface area contributed by atoms with Gasteiger partial charge in [0.2, 0.25) is 5.95 Å². The average molecular weight is 585 g/mol. The Morgan fingerprint density at radius 2 is 1.71 bits per heavy atom. The minimum absolute atomic E-state index is 0.129. The lowest BCUT2D eigenvalue weighted by molar-refractivity contribution is 0.480. The van der Waals surface area contributed by atoms with E-state index in [4.69, 9.17) is 11.6 Å². The van der Waals surface area contributed by atoms with Crippen molar-refractivity contribution in [2.75, 3.05) is 15.6 Å². The maximum Gasteiger partial charge on any atom is 0.249 e. The first-order valence-corrected chi connectivity index (χ1v) is 13.0. The summed E-state index contributed by atoms with van der Waals surface area (Å²) in [4.78, 5) is 7.75. The summed E-state index contributed by atoms with van der Waals surface area (Å²) in [5.41, 5.74) is 10.1. The Hall–Kier alpha value is -5.31. The summed E-state index contributed by atoms with van der Waals surface area (Å²) in [5.74, 6) is -2.76. The van der Waals surface area contributed by atoms with Gasteiger partial charge in [0.1, 0.15) is 11.9 Å². The van der Waals surface area contributed by atoms with Crippen LogP contribution in [0.2, 0.25) is 5.02 Å². The van der Waals surface area contributed by atoms with Gasteiger partial charge in [-0.15, -0.1) is 5.53 Å². The number of para-hydroxylation sites is 1. The molecule has 0 spiro atoms. The van der Waals surface area contributed by atoms with Crippen molar-refractivity contribution in [3.8, 4) is 6.07 Å². The zero-order valence-electron chi connectivity index (χ0n) is 21.5. The van der Waals surface area contributed by atoms with E-state index in [-0.39, 0.29) is 27.8 Å². The second-order valence-electron chi connectivity index (χ2n) is 9.29. The zero-order valence-corrected chi connectivity index (χ0v) is 22.3. The highest BCUT2D eigenvalue weighted by Gasteiger charge is 2.24. The van der Waals surface area contributed by atoms with E-state index in [1.165, 1.54) is 18.3 Å². The number of pyridine rings is 2. The fourth-order valence-corrected chi connectivity index (χ4v) is 4.83. The number of hydrazine groups is 2. The average Bonchev–Trinajstić information content (AvgIpc) is 3.49. The molecule has 0 saturated carbocycles. The molecule has 0 radical (unpaired) electrons. The number of hydrogen-bond acceptors (Lipinski definition) is 8. The molecule has 42 heavy (non-hydrogen) atoms. The highest BCUT2D eigenvalue weighted by molar-refractivity contribution is 6.36. The summed E-state index contributed by atoms with van der Waals surface area (Å²) >= 11 is 6.66. The lowest BCUT2D eigenvalue weighted by Crippen LogP contribution is -2.37. The van der Waals surface area contributed by atoms with E-state index in [2.05, 4.69) is 37.6 Å². The number of fused-ring (bicyclic) bond motifs is 1. The van der Waals surface area contributed by atoms with Gasteiger partial charge in [0.25, 0.3) is 0 Å². The molecular formula is C30H20ClF3N8. The third-order valence-electron chi connectivity index (χ3n) is 6.56. The normalized spacial score (nSPS) is 13.3. The van der Waals surface area contributed by atoms with Gasteiger partial charge in [0.05, 0.1) is 51.1 Å². The molecule has 1 aliphatic heterocycles. The molecule has 0 unspecified atom stereocenters. The van der Waals surface area contributed by atoms with Crippen LogP contribution >= 0.6 is 11.6 Å². The van der Waals surface area contributed by atoms with E-state index >= 15 is 0 Å². The van der Waals surface area contributed by atoms with Gasteiger partial charge in [0, 0.05) is 29.5 Å². The Balaban J connectivity index is 1.42. The van der Waals surface area contributed by atoms with E-state index in [1.807, 2.05) is 41.5 Å². The maximum absolute atomic E-state index is 13.9. The van der Waals surface area contributed by atoms with Gasteiger partial charge >= 0.3 is 0 Å². The van der Waals surface area contributed by atoms with Crippen molar-refractivity contribution in [1.82, 2.24) is 20.9 Å². The molecule has 4 N–H and O–H groups in total. The largest absolute Gasteiger partial charge is 0.373 e. The van der Waals surface area contributed by atoms with Gasteiger partial charge in [0.15, 0.2) is 5.82 Å². The first-order chi connectivity index (χ1) is 20.4. The number of nitrogens with one attached hydrogen (secondary N) is 4. The fourth-order valence-electron chi connectivity index (χ4n) is 4.56. The molecule has 0 bridgehead atoms. The van der Waals surface area contributed by atoms with Gasteiger partial charge in [-0.1, -0.05) is 41.9 Å². The van der Waals surface area contributed by atoms with Crippen molar-refractivity contribution in [3.63, 3.8) is 0 Å². The van der Waals surface area contributed by atoms with Crippen molar-refractivity contribution in [2.24, 2.45) is 0 Å². The summed E-state index contributed by atoms with van der Waals surface area (Å²) in [7, 11) is 0. The van der Waals surface area contributed by atoms with Crippen molar-refractivity contribution < 1.29 is 13.2 Å². The summed E-state index contributed by atoms with van der Waals surface area (Å²) in [6.45, 7) is 0. The summed E-state index contributed by atoms with van der Waals surface area (Å²) in [6, 6.07) is 21.6. The van der Waals surface area contributed by atoms with Crippen LogP contribution in [-0.2, 0) is 0 Å². The van der Waals surface area contributed by atoms with Crippen LogP contribution in [0.1, 0.15) is 17.2 Å². The molecule has 12 heteroatoms. The van der Waals surface area contributed by atoms with Crippen LogP contribution in [0.3, 0.4) is 0 Å². The molecule has 5 aromatic rings. The van der Waals surface area contributed by atoms with Crippen LogP contribution in [0, 0.1) is 28.9 Å². The van der Waals surface area contributed by atoms with E-state index in [0.717, 1.165) is 29.2 Å². The molecule has 2 aromatic heterocycles. The number of aromatic nitrogens is 2. The highest BCUT2D eigenvalue weighted by Crippen LogP contribution is 2.37. The minimum Gasteiger partial charge on any atom is -0.373 e. The molecule has 0 saturated heterocycles. The Labute approximate surface area is 243 Å². The summed E-state index contributed by atoms with van der Waals surface area (Å²) < 4.78 is 41.2. The van der Waals surface area contributed by atoms with Gasteiger partial charge in [-0.05, 0) is 42.0 Å². The van der Waals surface area contributed by atoms with Crippen LogP contribution in [0.15, 0.2) is 97.1 Å². The predicted octanol–water partition coefficient (Wildman–Crippen LogP) is 6.84. The van der Waals surface area contributed by atoms with Crippen LogP contribution in [0.4, 0.5) is 35.9 Å². The lowest BCUT2D eigenvalue weighted by atomic mass is 10.0.